The van der Waals surface area contributed by atoms with E-state index in [2.05, 4.69) is 27.3 Å². The van der Waals surface area contributed by atoms with Gasteiger partial charge in [0.1, 0.15) is 0 Å². The highest BCUT2D eigenvalue weighted by Crippen LogP contribution is 1.88. The number of carbonyl (C=O) groups is 1. The lowest BCUT2D eigenvalue weighted by Gasteiger charge is -2.02. The van der Waals surface area contributed by atoms with Gasteiger partial charge >= 0.3 is 0 Å². The summed E-state index contributed by atoms with van der Waals surface area (Å²) >= 11 is 0. The molecule has 0 aliphatic carbocycles. The molecule has 14 heavy (non-hydrogen) atoms. The number of nitrogens with one attached hydrogen (secondary N) is 2. The molecule has 0 radical (unpaired) electrons. The lowest BCUT2D eigenvalue weighted by Crippen LogP contribution is -2.25. The third-order valence-corrected chi connectivity index (χ3v) is 1.49. The fourth-order valence-electron chi connectivity index (χ4n) is 0.842. The van der Waals surface area contributed by atoms with Crippen LogP contribution < -0.4 is 5.32 Å². The molecule has 1 amide bonds. The minimum absolute atomic E-state index is 0.239. The number of amides is 1. The fourth-order valence-corrected chi connectivity index (χ4v) is 0.842. The molecule has 6 nitrogen and oxygen atoms in total. The number of aromatic amines is 1. The first kappa shape index (κ1) is 10.2. The summed E-state index contributed by atoms with van der Waals surface area (Å²) in [6.07, 6.45) is 3.48. The molecule has 0 aromatic carbocycles. The van der Waals surface area contributed by atoms with E-state index in [-0.39, 0.29) is 11.6 Å². The molecule has 1 aromatic rings. The van der Waals surface area contributed by atoms with Crippen LogP contribution in [0.5, 0.6) is 0 Å². The minimum atomic E-state index is -0.239. The van der Waals surface area contributed by atoms with Crippen LogP contribution in [0.25, 0.3) is 0 Å². The molecule has 1 rings (SSSR count). The van der Waals surface area contributed by atoms with Crippen molar-refractivity contribution in [1.82, 2.24) is 20.7 Å². The van der Waals surface area contributed by atoms with Gasteiger partial charge in [-0.3, -0.25) is 4.79 Å². The molecule has 0 bridgehead atoms. The Bertz CT molecular complexity index is 284. The molecule has 76 valence electrons. The summed E-state index contributed by atoms with van der Waals surface area (Å²) in [5.41, 5.74) is 0.287. The molecule has 0 saturated carbocycles. The maximum Gasteiger partial charge on any atom is 0.273 e. The zero-order valence-electron chi connectivity index (χ0n) is 7.69. The van der Waals surface area contributed by atoms with Crippen LogP contribution in [0.1, 0.15) is 16.9 Å². The highest BCUT2D eigenvalue weighted by molar-refractivity contribution is 5.91. The Morgan fingerprint density at radius 1 is 1.79 bits per heavy atom. The third kappa shape index (κ3) is 3.26. The van der Waals surface area contributed by atoms with Gasteiger partial charge in [-0.25, -0.2) is 0 Å². The highest BCUT2D eigenvalue weighted by atomic mass is 16.5. The molecule has 6 heteroatoms. The summed E-state index contributed by atoms with van der Waals surface area (Å²) in [6, 6.07) is 0. The Morgan fingerprint density at radius 2 is 2.64 bits per heavy atom. The van der Waals surface area contributed by atoms with Crippen molar-refractivity contribution in [3.8, 4) is 0 Å². The van der Waals surface area contributed by atoms with Crippen LogP contribution in [-0.4, -0.2) is 34.5 Å². The molecular formula is C8H12N4O2. The van der Waals surface area contributed by atoms with Gasteiger partial charge in [0, 0.05) is 6.54 Å². The van der Waals surface area contributed by atoms with Crippen molar-refractivity contribution in [2.45, 2.75) is 6.42 Å². The maximum atomic E-state index is 11.2. The Balaban J connectivity index is 2.13. The van der Waals surface area contributed by atoms with E-state index in [4.69, 9.17) is 4.74 Å². The van der Waals surface area contributed by atoms with Crippen molar-refractivity contribution in [2.75, 3.05) is 13.2 Å². The first-order valence-electron chi connectivity index (χ1n) is 4.21. The van der Waals surface area contributed by atoms with Crippen LogP contribution in [0.4, 0.5) is 0 Å². The van der Waals surface area contributed by atoms with E-state index in [1.54, 1.807) is 0 Å². The molecule has 0 unspecified atom stereocenters. The summed E-state index contributed by atoms with van der Waals surface area (Å²) in [6.45, 7) is 4.49. The number of ether oxygens (including phenoxy) is 1. The van der Waals surface area contributed by atoms with Gasteiger partial charge in [0.25, 0.3) is 5.91 Å². The summed E-state index contributed by atoms with van der Waals surface area (Å²) in [7, 11) is 0. The van der Waals surface area contributed by atoms with E-state index in [1.165, 1.54) is 12.5 Å². The van der Waals surface area contributed by atoms with E-state index in [9.17, 15) is 4.79 Å². The van der Waals surface area contributed by atoms with Gasteiger partial charge in [-0.1, -0.05) is 6.58 Å². The molecule has 0 atom stereocenters. The second kappa shape index (κ2) is 5.74. The largest absolute Gasteiger partial charge is 0.502 e. The fraction of sp³-hybridized carbons (Fsp3) is 0.375. The van der Waals surface area contributed by atoms with E-state index in [1.807, 2.05) is 0 Å². The molecule has 2 N–H and O–H groups in total. The SMILES string of the molecule is C=COCCCNC(=O)c1cn[nH]n1. The smallest absolute Gasteiger partial charge is 0.273 e. The van der Waals surface area contributed by atoms with Crippen molar-refractivity contribution >= 4 is 5.91 Å². The van der Waals surface area contributed by atoms with Crippen LogP contribution >= 0.6 is 0 Å². The molecular weight excluding hydrogens is 184 g/mol. The van der Waals surface area contributed by atoms with Crippen LogP contribution in [0.2, 0.25) is 0 Å². The van der Waals surface area contributed by atoms with Gasteiger partial charge in [-0.05, 0) is 6.42 Å². The first-order chi connectivity index (χ1) is 6.84. The summed E-state index contributed by atoms with van der Waals surface area (Å²) < 4.78 is 4.88. The van der Waals surface area contributed by atoms with Crippen molar-refractivity contribution in [3.05, 3.63) is 24.7 Å². The number of carbonyl (C=O) groups excluding carboxylic acids is 1. The van der Waals surface area contributed by atoms with E-state index in [0.29, 0.717) is 13.2 Å². The molecule has 0 spiro atoms. The second-order valence-electron chi connectivity index (χ2n) is 2.50. The quantitative estimate of drug-likeness (QED) is 0.499. The van der Waals surface area contributed by atoms with Crippen LogP contribution in [0, 0.1) is 0 Å². The average Bonchev–Trinajstić information content (AvgIpc) is 2.70. The van der Waals surface area contributed by atoms with Crippen molar-refractivity contribution in [2.24, 2.45) is 0 Å². The lowest BCUT2D eigenvalue weighted by atomic mass is 10.4. The zero-order chi connectivity index (χ0) is 10.2. The number of hydrogen-bond donors (Lipinski definition) is 2. The lowest BCUT2D eigenvalue weighted by molar-refractivity contribution is 0.0945. The van der Waals surface area contributed by atoms with Gasteiger partial charge in [0.2, 0.25) is 0 Å². The summed E-state index contributed by atoms with van der Waals surface area (Å²) in [5.74, 6) is -0.239. The Labute approximate surface area is 81.3 Å². The monoisotopic (exact) mass is 196 g/mol. The average molecular weight is 196 g/mol. The van der Waals surface area contributed by atoms with Crippen molar-refractivity contribution < 1.29 is 9.53 Å². The normalized spacial score (nSPS) is 9.43. The third-order valence-electron chi connectivity index (χ3n) is 1.49. The van der Waals surface area contributed by atoms with E-state index < -0.39 is 0 Å². The summed E-state index contributed by atoms with van der Waals surface area (Å²) in [5, 5.41) is 12.2. The van der Waals surface area contributed by atoms with E-state index in [0.717, 1.165) is 6.42 Å². The van der Waals surface area contributed by atoms with Gasteiger partial charge in [0.05, 0.1) is 19.1 Å². The Morgan fingerprint density at radius 3 is 3.29 bits per heavy atom. The zero-order valence-corrected chi connectivity index (χ0v) is 7.69. The Hall–Kier alpha value is -1.85. The number of H-pyrrole nitrogens is 1. The molecule has 0 fully saturated rings. The number of nitrogens with zero attached hydrogens (tertiary/aromatic N) is 2. The molecule has 1 aromatic heterocycles. The molecule has 1 heterocycles. The van der Waals surface area contributed by atoms with Crippen molar-refractivity contribution in [1.29, 1.82) is 0 Å². The van der Waals surface area contributed by atoms with E-state index >= 15 is 0 Å². The maximum absolute atomic E-state index is 11.2. The number of rotatable bonds is 6. The minimum Gasteiger partial charge on any atom is -0.502 e. The summed E-state index contributed by atoms with van der Waals surface area (Å²) in [4.78, 5) is 11.2. The molecule has 0 aliphatic rings. The van der Waals surface area contributed by atoms with Gasteiger partial charge < -0.3 is 10.1 Å². The van der Waals surface area contributed by atoms with Crippen molar-refractivity contribution in [3.63, 3.8) is 0 Å². The van der Waals surface area contributed by atoms with Crippen LogP contribution in [0.3, 0.4) is 0 Å². The highest BCUT2D eigenvalue weighted by Gasteiger charge is 2.06. The molecule has 0 aliphatic heterocycles. The van der Waals surface area contributed by atoms with Crippen LogP contribution in [-0.2, 0) is 4.74 Å². The van der Waals surface area contributed by atoms with Gasteiger partial charge in [-0.2, -0.15) is 15.4 Å². The Kier molecular flexibility index (Phi) is 4.19. The first-order valence-corrected chi connectivity index (χ1v) is 4.21. The van der Waals surface area contributed by atoms with Gasteiger partial charge in [-0.15, -0.1) is 0 Å². The predicted molar refractivity (Wildman–Crippen MR) is 49.5 cm³/mol. The predicted octanol–water partition coefficient (Wildman–Crippen LogP) is 0.0847. The number of aromatic nitrogens is 3. The molecule has 0 saturated heterocycles. The second-order valence-corrected chi connectivity index (χ2v) is 2.50. The topological polar surface area (TPSA) is 79.9 Å². The standard InChI is InChI=1S/C8H12N4O2/c1-2-14-5-3-4-9-8(13)7-6-10-12-11-7/h2,6H,1,3-5H2,(H,9,13)(H,10,11,12). The van der Waals surface area contributed by atoms with Crippen LogP contribution in [0.15, 0.2) is 19.0 Å². The number of hydrogen-bond acceptors (Lipinski definition) is 4. The van der Waals surface area contributed by atoms with Gasteiger partial charge in [0.15, 0.2) is 5.69 Å².